The fourth-order valence-electron chi connectivity index (χ4n) is 5.30. The van der Waals surface area contributed by atoms with Crippen molar-refractivity contribution in [1.29, 1.82) is 0 Å². The summed E-state index contributed by atoms with van der Waals surface area (Å²) in [6.45, 7) is 11.0. The van der Waals surface area contributed by atoms with Crippen molar-refractivity contribution in [2.75, 3.05) is 34.2 Å². The second kappa shape index (κ2) is 13.9. The summed E-state index contributed by atoms with van der Waals surface area (Å²) in [6.07, 6.45) is 1.63. The zero-order valence-electron chi connectivity index (χ0n) is 25.5. The van der Waals surface area contributed by atoms with Crippen LogP contribution in [0.4, 0.5) is 0 Å². The second-order valence-corrected chi connectivity index (χ2v) is 11.5. The van der Waals surface area contributed by atoms with Crippen LogP contribution in [0.25, 0.3) is 0 Å². The van der Waals surface area contributed by atoms with Gasteiger partial charge in [0.1, 0.15) is 30.2 Å². The molecule has 12 nitrogen and oxygen atoms in total. The summed E-state index contributed by atoms with van der Waals surface area (Å²) in [6, 6.07) is -4.22. The van der Waals surface area contributed by atoms with Gasteiger partial charge in [-0.3, -0.25) is 28.8 Å². The number of fused-ring (bicyclic) bond motifs is 1. The number of hydrogen-bond donors (Lipinski definition) is 2. The summed E-state index contributed by atoms with van der Waals surface area (Å²) in [4.78, 5) is 85.6. The lowest BCUT2D eigenvalue weighted by Crippen LogP contribution is -2.61. The van der Waals surface area contributed by atoms with Gasteiger partial charge >= 0.3 is 0 Å². The van der Waals surface area contributed by atoms with E-state index >= 15 is 0 Å². The smallest absolute Gasteiger partial charge is 0.246 e. The van der Waals surface area contributed by atoms with E-state index in [1.807, 2.05) is 27.7 Å². The van der Waals surface area contributed by atoms with E-state index in [0.29, 0.717) is 25.8 Å². The molecule has 226 valence electrons. The summed E-state index contributed by atoms with van der Waals surface area (Å²) in [5.74, 6) is -2.88. The van der Waals surface area contributed by atoms with Crippen molar-refractivity contribution in [2.24, 2.45) is 11.8 Å². The van der Waals surface area contributed by atoms with E-state index in [2.05, 4.69) is 10.6 Å². The normalized spacial score (nSPS) is 29.6. The highest BCUT2D eigenvalue weighted by Crippen LogP contribution is 2.22. The van der Waals surface area contributed by atoms with Crippen LogP contribution >= 0.6 is 0 Å². The van der Waals surface area contributed by atoms with Crippen LogP contribution in [0.2, 0.25) is 0 Å². The predicted molar refractivity (Wildman–Crippen MR) is 150 cm³/mol. The van der Waals surface area contributed by atoms with Crippen molar-refractivity contribution >= 4 is 35.4 Å². The van der Waals surface area contributed by atoms with E-state index in [4.69, 9.17) is 0 Å². The summed E-state index contributed by atoms with van der Waals surface area (Å²) in [5.41, 5.74) is 0. The van der Waals surface area contributed by atoms with E-state index < -0.39 is 53.8 Å². The molecule has 6 atom stereocenters. The minimum Gasteiger partial charge on any atom is -0.354 e. The number of hydrogen-bond acceptors (Lipinski definition) is 6. The standard InChI is InChI=1S/C28H48N6O6/c1-10-17(4)22-27(39)33(9)23(16(2)3)28(40)32(8)18(5)24(36)29-14-13-21(35)31(7)19(6)26(38)34-15-11-12-20(34)25(37)30-22/h16-20,22-23H,10-15H2,1-9H3,(H,29,36)(H,30,37)/t17-,18-,19-,20-,22-,23-/m0/s1. The largest absolute Gasteiger partial charge is 0.354 e. The molecule has 0 aromatic heterocycles. The van der Waals surface area contributed by atoms with E-state index in [9.17, 15) is 28.8 Å². The number of carbonyl (C=O) groups excluding carboxylic acids is 6. The highest BCUT2D eigenvalue weighted by Gasteiger charge is 2.42. The van der Waals surface area contributed by atoms with Crippen molar-refractivity contribution in [3.8, 4) is 0 Å². The maximum atomic E-state index is 13.9. The molecule has 0 bridgehead atoms. The molecule has 2 fully saturated rings. The molecule has 12 heteroatoms. The quantitative estimate of drug-likeness (QED) is 0.502. The predicted octanol–water partition coefficient (Wildman–Crippen LogP) is 0.205. The number of rotatable bonds is 3. The van der Waals surface area contributed by atoms with Gasteiger partial charge in [-0.2, -0.15) is 0 Å². The Bertz CT molecular complexity index is 986. The maximum Gasteiger partial charge on any atom is 0.246 e. The average Bonchev–Trinajstić information content (AvgIpc) is 3.42. The topological polar surface area (TPSA) is 139 Å². The molecule has 40 heavy (non-hydrogen) atoms. The highest BCUT2D eigenvalue weighted by molar-refractivity contribution is 5.96. The zero-order chi connectivity index (χ0) is 30.5. The minimum absolute atomic E-state index is 0.0312. The third kappa shape index (κ3) is 7.11. The third-order valence-electron chi connectivity index (χ3n) is 8.54. The van der Waals surface area contributed by atoms with E-state index in [-0.39, 0.29) is 36.6 Å². The van der Waals surface area contributed by atoms with Gasteiger partial charge in [0.05, 0.1) is 0 Å². The van der Waals surface area contributed by atoms with Gasteiger partial charge in [0.15, 0.2) is 0 Å². The first-order chi connectivity index (χ1) is 18.6. The molecule has 0 aromatic carbocycles. The molecule has 2 saturated heterocycles. The average molecular weight is 565 g/mol. The van der Waals surface area contributed by atoms with Gasteiger partial charge in [0, 0.05) is 40.7 Å². The number of nitrogens with one attached hydrogen (secondary N) is 2. The molecule has 2 rings (SSSR count). The van der Waals surface area contributed by atoms with Gasteiger partial charge in [0.2, 0.25) is 35.4 Å². The maximum absolute atomic E-state index is 13.9. The van der Waals surface area contributed by atoms with Crippen LogP contribution in [-0.4, -0.2) is 119 Å². The van der Waals surface area contributed by atoms with Crippen LogP contribution in [0, 0.1) is 11.8 Å². The van der Waals surface area contributed by atoms with Crippen molar-refractivity contribution in [3.63, 3.8) is 0 Å². The molecule has 2 N–H and O–H groups in total. The van der Waals surface area contributed by atoms with Crippen molar-refractivity contribution in [3.05, 3.63) is 0 Å². The number of nitrogens with zero attached hydrogens (tertiary/aromatic N) is 4. The van der Waals surface area contributed by atoms with Gasteiger partial charge in [-0.15, -0.1) is 0 Å². The van der Waals surface area contributed by atoms with Crippen molar-refractivity contribution in [2.45, 2.75) is 97.4 Å². The van der Waals surface area contributed by atoms with Crippen LogP contribution in [0.15, 0.2) is 0 Å². The molecule has 0 saturated carbocycles. The Kier molecular flexibility index (Phi) is 11.5. The molecular formula is C28H48N6O6. The third-order valence-corrected chi connectivity index (χ3v) is 8.54. The van der Waals surface area contributed by atoms with Crippen LogP contribution in [0.5, 0.6) is 0 Å². The zero-order valence-corrected chi connectivity index (χ0v) is 25.5. The Morgan fingerprint density at radius 3 is 2.02 bits per heavy atom. The van der Waals surface area contributed by atoms with Crippen molar-refractivity contribution < 1.29 is 28.8 Å². The molecule has 6 amide bonds. The molecule has 0 aromatic rings. The first-order valence-corrected chi connectivity index (χ1v) is 14.3. The second-order valence-electron chi connectivity index (χ2n) is 11.5. The molecule has 0 unspecified atom stereocenters. The minimum atomic E-state index is -0.913. The van der Waals surface area contributed by atoms with Crippen LogP contribution < -0.4 is 10.6 Å². The van der Waals surface area contributed by atoms with Gasteiger partial charge in [-0.25, -0.2) is 0 Å². The SMILES string of the molecule is CC[C@H](C)[C@@H]1NC(=O)[C@@H]2CCCN2C(=O)[C@H](C)N(C)C(=O)CCNC(=O)[C@H](C)N(C)C(=O)[C@H](C(C)C)N(C)C1=O. The Balaban J connectivity index is 2.52. The summed E-state index contributed by atoms with van der Waals surface area (Å²) < 4.78 is 0. The Hall–Kier alpha value is -3.18. The molecule has 0 aliphatic carbocycles. The summed E-state index contributed by atoms with van der Waals surface area (Å²) >= 11 is 0. The molecular weight excluding hydrogens is 516 g/mol. The molecule has 0 spiro atoms. The number of amides is 6. The van der Waals surface area contributed by atoms with Crippen LogP contribution in [-0.2, 0) is 28.8 Å². The van der Waals surface area contributed by atoms with Crippen molar-refractivity contribution in [1.82, 2.24) is 30.2 Å². The number of likely N-dealkylation sites (N-methyl/N-ethyl adjacent to an activating group) is 3. The van der Waals surface area contributed by atoms with E-state index in [1.165, 1.54) is 33.7 Å². The first-order valence-electron chi connectivity index (χ1n) is 14.3. The monoisotopic (exact) mass is 564 g/mol. The lowest BCUT2D eigenvalue weighted by Gasteiger charge is -2.38. The van der Waals surface area contributed by atoms with Crippen LogP contribution in [0.3, 0.4) is 0 Å². The lowest BCUT2D eigenvalue weighted by atomic mass is 9.94. The summed E-state index contributed by atoms with van der Waals surface area (Å²) in [7, 11) is 4.58. The summed E-state index contributed by atoms with van der Waals surface area (Å²) in [5, 5.41) is 5.60. The van der Waals surface area contributed by atoms with Gasteiger partial charge in [-0.1, -0.05) is 34.1 Å². The lowest BCUT2D eigenvalue weighted by molar-refractivity contribution is -0.151. The van der Waals surface area contributed by atoms with E-state index in [1.54, 1.807) is 20.9 Å². The fourth-order valence-corrected chi connectivity index (χ4v) is 5.30. The Labute approximate surface area is 238 Å². The van der Waals surface area contributed by atoms with Crippen LogP contribution in [0.1, 0.15) is 67.2 Å². The Morgan fingerprint density at radius 2 is 1.45 bits per heavy atom. The number of carbonyl (C=O) groups is 6. The Morgan fingerprint density at radius 1 is 0.825 bits per heavy atom. The molecule has 0 radical (unpaired) electrons. The molecule has 2 aliphatic rings. The van der Waals surface area contributed by atoms with Gasteiger partial charge in [0.25, 0.3) is 0 Å². The molecule has 2 heterocycles. The van der Waals surface area contributed by atoms with E-state index in [0.717, 1.165) is 0 Å². The first kappa shape index (κ1) is 33.0. The fraction of sp³-hybridized carbons (Fsp3) is 0.786. The van der Waals surface area contributed by atoms with Gasteiger partial charge < -0.3 is 30.2 Å². The van der Waals surface area contributed by atoms with Gasteiger partial charge in [-0.05, 0) is 38.5 Å². The highest BCUT2D eigenvalue weighted by atomic mass is 16.2. The molecule has 2 aliphatic heterocycles.